The summed E-state index contributed by atoms with van der Waals surface area (Å²) in [5.41, 5.74) is 0.744. The van der Waals surface area contributed by atoms with Crippen molar-refractivity contribution in [3.8, 4) is 11.1 Å². The molecule has 2 spiro atoms. The monoisotopic (exact) mass is 643 g/mol. The minimum atomic E-state index is -3.50. The van der Waals surface area contributed by atoms with Crippen molar-refractivity contribution in [1.29, 1.82) is 0 Å². The Bertz CT molecular complexity index is 1700. The van der Waals surface area contributed by atoms with E-state index >= 15 is 0 Å². The van der Waals surface area contributed by atoms with Gasteiger partial charge in [-0.25, -0.2) is 8.42 Å². The summed E-state index contributed by atoms with van der Waals surface area (Å²) < 4.78 is 27.1. The third-order valence-electron chi connectivity index (χ3n) is 13.6. The van der Waals surface area contributed by atoms with Gasteiger partial charge in [-0.1, -0.05) is 93.6 Å². The van der Waals surface area contributed by atoms with Crippen LogP contribution in [0.5, 0.6) is 0 Å². The van der Waals surface area contributed by atoms with E-state index in [-0.39, 0.29) is 29.6 Å². The Morgan fingerprint density at radius 1 is 0.891 bits per heavy atom. The molecule has 0 aliphatic heterocycles. The van der Waals surface area contributed by atoms with Gasteiger partial charge in [0.05, 0.1) is 18.0 Å². The van der Waals surface area contributed by atoms with Crippen LogP contribution in [0.1, 0.15) is 82.5 Å². The Hall–Kier alpha value is -2.58. The number of nitrogens with zero attached hydrogens (tertiary/aromatic N) is 1. The summed E-state index contributed by atoms with van der Waals surface area (Å²) in [7, 11) is -3.50. The Morgan fingerprint density at radius 3 is 2.20 bits per heavy atom. The van der Waals surface area contributed by atoms with Gasteiger partial charge in [-0.05, 0) is 79.7 Å². The van der Waals surface area contributed by atoms with Gasteiger partial charge in [0, 0.05) is 40.5 Å². The van der Waals surface area contributed by atoms with Crippen molar-refractivity contribution < 1.29 is 23.4 Å². The predicted molar refractivity (Wildman–Crippen MR) is 181 cm³/mol. The molecule has 3 fully saturated rings. The van der Waals surface area contributed by atoms with Crippen LogP contribution < -0.4 is 0 Å². The molecule has 2 aromatic carbocycles. The van der Waals surface area contributed by atoms with Crippen molar-refractivity contribution in [3.63, 3.8) is 0 Å². The fraction of sp³-hybridized carbons (Fsp3) is 0.564. The molecule has 2 N–H and O–H groups in total. The van der Waals surface area contributed by atoms with E-state index in [0.717, 1.165) is 48.8 Å². The van der Waals surface area contributed by atoms with E-state index in [1.807, 2.05) is 49.4 Å². The van der Waals surface area contributed by atoms with Crippen molar-refractivity contribution in [2.24, 2.45) is 33.5 Å². The molecule has 3 saturated carbocycles. The van der Waals surface area contributed by atoms with Crippen LogP contribution in [0.3, 0.4) is 0 Å². The number of ketones is 1. The van der Waals surface area contributed by atoms with E-state index < -0.39 is 38.0 Å². The molecule has 7 heteroatoms. The zero-order valence-corrected chi connectivity index (χ0v) is 28.5. The van der Waals surface area contributed by atoms with Crippen LogP contribution >= 0.6 is 0 Å². The fourth-order valence-corrected chi connectivity index (χ4v) is 12.1. The highest BCUT2D eigenvalue weighted by atomic mass is 32.2. The van der Waals surface area contributed by atoms with E-state index in [2.05, 4.69) is 44.2 Å². The molecule has 246 valence electrons. The largest absolute Gasteiger partial charge is 0.393 e. The minimum absolute atomic E-state index is 0.0243. The number of sulfonamides is 1. The molecule has 6 aliphatic carbocycles. The predicted octanol–water partition coefficient (Wildman–Crippen LogP) is 6.80. The maximum atomic E-state index is 14.9. The summed E-state index contributed by atoms with van der Waals surface area (Å²) in [6, 6.07) is 18.1. The van der Waals surface area contributed by atoms with Gasteiger partial charge >= 0.3 is 0 Å². The topological polar surface area (TPSA) is 94.9 Å². The van der Waals surface area contributed by atoms with Crippen LogP contribution in [-0.4, -0.2) is 59.8 Å². The number of carbonyl (C=O) groups is 1. The summed E-state index contributed by atoms with van der Waals surface area (Å²) in [6.45, 7) is 6.96. The summed E-state index contributed by atoms with van der Waals surface area (Å²) in [5, 5.41) is 23.5. The second-order valence-corrected chi connectivity index (χ2v) is 17.7. The lowest BCUT2D eigenvalue weighted by molar-refractivity contribution is -0.173. The van der Waals surface area contributed by atoms with Gasteiger partial charge in [0.1, 0.15) is 0 Å². The fourth-order valence-electron chi connectivity index (χ4n) is 11.1. The average molecular weight is 644 g/mol. The summed E-state index contributed by atoms with van der Waals surface area (Å²) in [5.74, 6) is 0.190. The van der Waals surface area contributed by atoms with Crippen LogP contribution in [0.25, 0.3) is 11.1 Å². The first-order valence-corrected chi connectivity index (χ1v) is 19.1. The molecule has 0 saturated heterocycles. The van der Waals surface area contributed by atoms with E-state index in [1.165, 1.54) is 10.6 Å². The number of fused-ring (bicyclic) bond motifs is 1. The smallest absolute Gasteiger partial charge is 0.211 e. The Balaban J connectivity index is 1.33. The highest BCUT2D eigenvalue weighted by Gasteiger charge is 2.74. The zero-order chi connectivity index (χ0) is 32.8. The molecule has 8 rings (SSSR count). The highest BCUT2D eigenvalue weighted by molar-refractivity contribution is 7.88. The van der Waals surface area contributed by atoms with Gasteiger partial charge < -0.3 is 10.2 Å². The number of aliphatic hydroxyl groups excluding tert-OH is 1. The molecule has 8 atom stereocenters. The number of hydrogen-bond acceptors (Lipinski definition) is 5. The number of Topliss-reactive ketones (excluding diaryl/α,β-unsaturated/α-hetero) is 1. The van der Waals surface area contributed by atoms with Crippen molar-refractivity contribution in [2.75, 3.05) is 19.3 Å². The zero-order valence-electron chi connectivity index (χ0n) is 27.7. The lowest BCUT2D eigenvalue weighted by atomic mass is 9.32. The van der Waals surface area contributed by atoms with Crippen LogP contribution in [0.15, 0.2) is 78.4 Å². The number of hydrogen-bond donors (Lipinski definition) is 2. The quantitative estimate of drug-likeness (QED) is 0.244. The second kappa shape index (κ2) is 10.7. The first kappa shape index (κ1) is 32.0. The molecule has 0 radical (unpaired) electrons. The summed E-state index contributed by atoms with van der Waals surface area (Å²) in [6.07, 6.45) is 13.5. The molecule has 46 heavy (non-hydrogen) atoms. The minimum Gasteiger partial charge on any atom is -0.393 e. The molecule has 0 heterocycles. The molecular weight excluding hydrogens is 594 g/mol. The van der Waals surface area contributed by atoms with E-state index in [4.69, 9.17) is 0 Å². The molecule has 1 unspecified atom stereocenters. The van der Waals surface area contributed by atoms with Crippen LogP contribution in [-0.2, 0) is 10.0 Å². The molecule has 2 bridgehead atoms. The first-order chi connectivity index (χ1) is 21.7. The van der Waals surface area contributed by atoms with E-state index in [0.29, 0.717) is 31.4 Å². The van der Waals surface area contributed by atoms with Crippen molar-refractivity contribution in [3.05, 3.63) is 84.0 Å². The molecule has 0 aromatic heterocycles. The third-order valence-corrected chi connectivity index (χ3v) is 14.8. The SMILES string of the molecule is CCCN(C[C@]1(O)CC[C@H]2[C@]34C=C[C@@]5(C=C3C(=O)c3ccc(-c6ccccc6)cc3)CC(O)CC[C@]5(C)[C@H]4CC[C@@]21C)S(C)(=O)=O. The summed E-state index contributed by atoms with van der Waals surface area (Å²) in [4.78, 5) is 14.9. The third kappa shape index (κ3) is 4.37. The van der Waals surface area contributed by atoms with Crippen LogP contribution in [0.4, 0.5) is 0 Å². The summed E-state index contributed by atoms with van der Waals surface area (Å²) >= 11 is 0. The van der Waals surface area contributed by atoms with Crippen LogP contribution in [0.2, 0.25) is 0 Å². The van der Waals surface area contributed by atoms with Gasteiger partial charge in [0.15, 0.2) is 5.78 Å². The molecule has 0 amide bonds. The first-order valence-electron chi connectivity index (χ1n) is 17.2. The molecular formula is C39H49NO5S. The van der Waals surface area contributed by atoms with Gasteiger partial charge in [0.2, 0.25) is 10.0 Å². The van der Waals surface area contributed by atoms with Gasteiger partial charge in [0.25, 0.3) is 0 Å². The lowest BCUT2D eigenvalue weighted by Crippen LogP contribution is -2.67. The number of benzene rings is 2. The standard InChI is InChI=1S/C39H49NO5S/c1-5-23-40(46(4,44)45)26-38(43)20-17-33-36(38,3)19-16-32-35(2)18-15-30(41)24-37(35)21-22-39(32,33)31(25-37)34(42)29-13-11-28(12-14-29)27-9-7-6-8-10-27/h6-14,21-22,25,30,32-33,41,43H,5,15-20,23-24,26H2,1-4H3/t30?,32-,33-,35-,36+,37+,38-,39-/m1/s1. The van der Waals surface area contributed by atoms with Crippen molar-refractivity contribution in [2.45, 2.75) is 83.8 Å². The maximum Gasteiger partial charge on any atom is 0.211 e. The van der Waals surface area contributed by atoms with E-state index in [1.54, 1.807) is 0 Å². The number of aliphatic hydroxyl groups is 2. The van der Waals surface area contributed by atoms with Crippen molar-refractivity contribution in [1.82, 2.24) is 4.31 Å². The van der Waals surface area contributed by atoms with Gasteiger partial charge in [-0.2, -0.15) is 4.31 Å². The van der Waals surface area contributed by atoms with Gasteiger partial charge in [-0.15, -0.1) is 0 Å². The average Bonchev–Trinajstić information content (AvgIpc) is 3.30. The van der Waals surface area contributed by atoms with Crippen LogP contribution in [0, 0.1) is 33.5 Å². The van der Waals surface area contributed by atoms with E-state index in [9.17, 15) is 23.4 Å². The highest BCUT2D eigenvalue weighted by Crippen LogP contribution is 2.78. The Kier molecular flexibility index (Phi) is 7.45. The molecule has 6 nitrogen and oxygen atoms in total. The second-order valence-electron chi connectivity index (χ2n) is 15.7. The van der Waals surface area contributed by atoms with Gasteiger partial charge in [-0.3, -0.25) is 4.79 Å². The number of rotatable bonds is 8. The molecule has 6 aliphatic rings. The lowest BCUT2D eigenvalue weighted by Gasteiger charge is -2.71. The Morgan fingerprint density at radius 2 is 1.52 bits per heavy atom. The Labute approximate surface area is 274 Å². The molecule has 2 aromatic rings. The normalized spacial score (nSPS) is 39.5. The van der Waals surface area contributed by atoms with Crippen molar-refractivity contribution >= 4 is 15.8 Å². The number of carbonyl (C=O) groups excluding carboxylic acids is 1. The maximum absolute atomic E-state index is 14.9. The number of allylic oxidation sites excluding steroid dienone is 4.